The summed E-state index contributed by atoms with van der Waals surface area (Å²) >= 11 is 9.63. The molecule has 1 aromatic heterocycles. The molecule has 0 saturated heterocycles. The van der Waals surface area contributed by atoms with E-state index in [-0.39, 0.29) is 0 Å². The first kappa shape index (κ1) is 13.9. The third kappa shape index (κ3) is 4.02. The highest BCUT2D eigenvalue weighted by Crippen LogP contribution is 2.35. The van der Waals surface area contributed by atoms with Crippen LogP contribution in [0.2, 0.25) is 5.02 Å². The van der Waals surface area contributed by atoms with Gasteiger partial charge in [-0.1, -0.05) is 49.3 Å². The van der Waals surface area contributed by atoms with Gasteiger partial charge >= 0.3 is 0 Å². The van der Waals surface area contributed by atoms with Gasteiger partial charge in [-0.25, -0.2) is 0 Å². The number of thiophene rings is 1. The molecule has 0 aliphatic rings. The second kappa shape index (κ2) is 6.62. The van der Waals surface area contributed by atoms with Gasteiger partial charge in [0, 0.05) is 22.5 Å². The van der Waals surface area contributed by atoms with Gasteiger partial charge in [-0.05, 0) is 29.1 Å². The minimum Gasteiger partial charge on any atom is -0.310 e. The Morgan fingerprint density at radius 2 is 2.17 bits per heavy atom. The molecule has 1 nitrogen and oxygen atoms in total. The molecule has 1 N–H and O–H groups in total. The zero-order valence-electron chi connectivity index (χ0n) is 10.4. The standard InChI is InChI=1S/C14H16ClNS2/c1-10(2)16-9-11-5-6-12(15)8-13(11)18-14-4-3-7-17-14/h3-8,10,16H,9H2,1-2H3. The van der Waals surface area contributed by atoms with Crippen molar-refractivity contribution in [1.29, 1.82) is 0 Å². The zero-order valence-corrected chi connectivity index (χ0v) is 12.8. The van der Waals surface area contributed by atoms with Gasteiger partial charge in [0.15, 0.2) is 0 Å². The van der Waals surface area contributed by atoms with E-state index in [9.17, 15) is 0 Å². The molecule has 0 aliphatic heterocycles. The zero-order chi connectivity index (χ0) is 13.0. The highest BCUT2D eigenvalue weighted by molar-refractivity contribution is 8.01. The van der Waals surface area contributed by atoms with Gasteiger partial charge in [0.05, 0.1) is 4.21 Å². The summed E-state index contributed by atoms with van der Waals surface area (Å²) in [6, 6.07) is 10.8. The van der Waals surface area contributed by atoms with E-state index in [1.165, 1.54) is 14.7 Å². The van der Waals surface area contributed by atoms with Crippen LogP contribution in [0.5, 0.6) is 0 Å². The number of benzene rings is 1. The molecule has 1 heterocycles. The summed E-state index contributed by atoms with van der Waals surface area (Å²) in [5.41, 5.74) is 1.30. The van der Waals surface area contributed by atoms with Crippen LogP contribution >= 0.6 is 34.7 Å². The maximum atomic E-state index is 6.09. The summed E-state index contributed by atoms with van der Waals surface area (Å²) in [7, 11) is 0. The van der Waals surface area contributed by atoms with Crippen LogP contribution in [0.3, 0.4) is 0 Å². The van der Waals surface area contributed by atoms with Crippen LogP contribution in [0.25, 0.3) is 0 Å². The third-order valence-corrected chi connectivity index (χ3v) is 4.81. The van der Waals surface area contributed by atoms with Gasteiger partial charge in [-0.2, -0.15) is 0 Å². The molecule has 96 valence electrons. The normalized spacial score (nSPS) is 11.1. The first-order valence-electron chi connectivity index (χ1n) is 5.88. The van der Waals surface area contributed by atoms with E-state index in [1.807, 2.05) is 12.1 Å². The Morgan fingerprint density at radius 3 is 2.83 bits per heavy atom. The monoisotopic (exact) mass is 297 g/mol. The average molecular weight is 298 g/mol. The van der Waals surface area contributed by atoms with Gasteiger partial charge in [-0.3, -0.25) is 0 Å². The van der Waals surface area contributed by atoms with Crippen molar-refractivity contribution in [3.05, 3.63) is 46.3 Å². The molecular weight excluding hydrogens is 282 g/mol. The number of hydrogen-bond acceptors (Lipinski definition) is 3. The van der Waals surface area contributed by atoms with E-state index in [4.69, 9.17) is 11.6 Å². The summed E-state index contributed by atoms with van der Waals surface area (Å²) < 4.78 is 1.29. The van der Waals surface area contributed by atoms with E-state index in [1.54, 1.807) is 23.1 Å². The molecule has 0 saturated carbocycles. The Bertz CT molecular complexity index is 495. The van der Waals surface area contributed by atoms with Crippen molar-refractivity contribution in [3.8, 4) is 0 Å². The second-order valence-corrected chi connectivity index (χ2v) is 7.05. The highest BCUT2D eigenvalue weighted by atomic mass is 35.5. The van der Waals surface area contributed by atoms with Gasteiger partial charge in [0.2, 0.25) is 0 Å². The number of hydrogen-bond donors (Lipinski definition) is 1. The van der Waals surface area contributed by atoms with Crippen LogP contribution in [0.4, 0.5) is 0 Å². The van der Waals surface area contributed by atoms with Crippen molar-refractivity contribution >= 4 is 34.7 Å². The van der Waals surface area contributed by atoms with Crippen LogP contribution in [-0.4, -0.2) is 6.04 Å². The van der Waals surface area contributed by atoms with Gasteiger partial charge in [0.1, 0.15) is 0 Å². The topological polar surface area (TPSA) is 12.0 Å². The minimum atomic E-state index is 0.486. The smallest absolute Gasteiger partial charge is 0.0646 e. The van der Waals surface area contributed by atoms with Crippen LogP contribution in [0.1, 0.15) is 19.4 Å². The first-order chi connectivity index (χ1) is 8.65. The Labute approximate surface area is 122 Å². The lowest BCUT2D eigenvalue weighted by Crippen LogP contribution is -2.22. The summed E-state index contributed by atoms with van der Waals surface area (Å²) in [5, 5.41) is 6.34. The molecule has 0 unspecified atom stereocenters. The van der Waals surface area contributed by atoms with Crippen LogP contribution in [-0.2, 0) is 6.54 Å². The number of nitrogens with one attached hydrogen (secondary N) is 1. The van der Waals surface area contributed by atoms with Crippen molar-refractivity contribution in [2.75, 3.05) is 0 Å². The Hall–Kier alpha value is -0.480. The predicted molar refractivity (Wildman–Crippen MR) is 81.9 cm³/mol. The molecule has 2 rings (SSSR count). The summed E-state index contributed by atoms with van der Waals surface area (Å²) in [4.78, 5) is 1.23. The van der Waals surface area contributed by atoms with E-state index >= 15 is 0 Å². The molecule has 4 heteroatoms. The highest BCUT2D eigenvalue weighted by Gasteiger charge is 2.07. The molecule has 0 spiro atoms. The largest absolute Gasteiger partial charge is 0.310 e. The first-order valence-corrected chi connectivity index (χ1v) is 7.96. The van der Waals surface area contributed by atoms with E-state index in [2.05, 4.69) is 42.7 Å². The molecule has 0 amide bonds. The second-order valence-electron chi connectivity index (χ2n) is 4.32. The lowest BCUT2D eigenvalue weighted by molar-refractivity contribution is 0.585. The number of rotatable bonds is 5. The fourth-order valence-corrected chi connectivity index (χ4v) is 3.65. The third-order valence-electron chi connectivity index (χ3n) is 2.44. The van der Waals surface area contributed by atoms with Crippen molar-refractivity contribution in [1.82, 2.24) is 5.32 Å². The number of halogens is 1. The summed E-state index contributed by atoms with van der Waals surface area (Å²) in [6.45, 7) is 5.19. The van der Waals surface area contributed by atoms with Gasteiger partial charge in [0.25, 0.3) is 0 Å². The summed E-state index contributed by atoms with van der Waals surface area (Å²) in [5.74, 6) is 0. The van der Waals surface area contributed by atoms with Gasteiger partial charge in [-0.15, -0.1) is 11.3 Å². The predicted octanol–water partition coefficient (Wildman–Crippen LogP) is 5.05. The fourth-order valence-electron chi connectivity index (χ4n) is 1.51. The Balaban J connectivity index is 2.17. The van der Waals surface area contributed by atoms with Crippen molar-refractivity contribution in [2.24, 2.45) is 0 Å². The molecule has 0 fully saturated rings. The SMILES string of the molecule is CC(C)NCc1ccc(Cl)cc1Sc1cccs1. The lowest BCUT2D eigenvalue weighted by Gasteiger charge is -2.12. The molecule has 0 atom stereocenters. The Kier molecular flexibility index (Phi) is 5.13. The van der Waals surface area contributed by atoms with E-state index in [0.29, 0.717) is 6.04 Å². The Morgan fingerprint density at radius 1 is 1.33 bits per heavy atom. The van der Waals surface area contributed by atoms with E-state index in [0.717, 1.165) is 11.6 Å². The molecule has 2 aromatic rings. The average Bonchev–Trinajstić information content (AvgIpc) is 2.80. The fraction of sp³-hybridized carbons (Fsp3) is 0.286. The molecule has 1 aromatic carbocycles. The summed E-state index contributed by atoms with van der Waals surface area (Å²) in [6.07, 6.45) is 0. The molecule has 0 aliphatic carbocycles. The van der Waals surface area contributed by atoms with Gasteiger partial charge < -0.3 is 5.32 Å². The van der Waals surface area contributed by atoms with E-state index < -0.39 is 0 Å². The van der Waals surface area contributed by atoms with Crippen molar-refractivity contribution in [3.63, 3.8) is 0 Å². The maximum Gasteiger partial charge on any atom is 0.0646 e. The quantitative estimate of drug-likeness (QED) is 0.829. The van der Waals surface area contributed by atoms with Crippen molar-refractivity contribution in [2.45, 2.75) is 35.5 Å². The molecular formula is C14H16ClNS2. The molecule has 18 heavy (non-hydrogen) atoms. The molecule has 0 bridgehead atoms. The lowest BCUT2D eigenvalue weighted by atomic mass is 10.2. The van der Waals surface area contributed by atoms with Crippen LogP contribution in [0, 0.1) is 0 Å². The van der Waals surface area contributed by atoms with Crippen molar-refractivity contribution < 1.29 is 0 Å². The van der Waals surface area contributed by atoms with Crippen LogP contribution in [0.15, 0.2) is 44.8 Å². The maximum absolute atomic E-state index is 6.09. The minimum absolute atomic E-state index is 0.486. The van der Waals surface area contributed by atoms with Crippen LogP contribution < -0.4 is 5.32 Å². The molecule has 0 radical (unpaired) electrons.